The first-order valence-corrected chi connectivity index (χ1v) is 16.2. The average molecular weight is 646 g/mol. The van der Waals surface area contributed by atoms with Crippen molar-refractivity contribution in [2.75, 3.05) is 25.5 Å². The van der Waals surface area contributed by atoms with Crippen molar-refractivity contribution in [1.82, 2.24) is 9.97 Å². The molecule has 12 heteroatoms. The van der Waals surface area contributed by atoms with E-state index >= 15 is 0 Å². The topological polar surface area (TPSA) is 164 Å². The van der Waals surface area contributed by atoms with E-state index in [1.807, 2.05) is 53.9 Å². The van der Waals surface area contributed by atoms with Crippen LogP contribution in [-0.4, -0.2) is 42.2 Å². The maximum atomic E-state index is 12.0. The summed E-state index contributed by atoms with van der Waals surface area (Å²) in [5.41, 5.74) is 16.1. The fourth-order valence-electron chi connectivity index (χ4n) is 4.44. The van der Waals surface area contributed by atoms with E-state index in [2.05, 4.69) is 22.4 Å². The zero-order valence-corrected chi connectivity index (χ0v) is 26.6. The number of pyridine rings is 1. The molecule has 226 valence electrons. The van der Waals surface area contributed by atoms with Gasteiger partial charge >= 0.3 is 5.97 Å². The van der Waals surface area contributed by atoms with Gasteiger partial charge in [0.15, 0.2) is 0 Å². The molecule has 0 amide bonds. The highest BCUT2D eigenvalue weighted by molar-refractivity contribution is 7.98. The van der Waals surface area contributed by atoms with Gasteiger partial charge in [0.1, 0.15) is 39.6 Å². The third kappa shape index (κ3) is 8.35. The molecule has 0 aliphatic heterocycles. The number of thiazole rings is 1. The van der Waals surface area contributed by atoms with Gasteiger partial charge in [-0.25, -0.2) is 9.97 Å². The molecule has 0 bridgehead atoms. The Balaban J connectivity index is 1.48. The van der Waals surface area contributed by atoms with Crippen LogP contribution in [0.2, 0.25) is 5.02 Å². The molecular formula is C32H32ClN7O2S2. The minimum atomic E-state index is -0.652. The van der Waals surface area contributed by atoms with Crippen molar-refractivity contribution >= 4 is 46.5 Å². The number of esters is 1. The molecule has 0 saturated heterocycles. The maximum absolute atomic E-state index is 12.0. The summed E-state index contributed by atoms with van der Waals surface area (Å²) in [5, 5.41) is 27.3. The van der Waals surface area contributed by atoms with E-state index < -0.39 is 12.0 Å². The summed E-state index contributed by atoms with van der Waals surface area (Å²) < 4.78 is 5.30. The normalized spacial score (nSPS) is 11.4. The van der Waals surface area contributed by atoms with Crippen LogP contribution in [0, 0.1) is 22.7 Å². The molecule has 0 saturated carbocycles. The summed E-state index contributed by atoms with van der Waals surface area (Å²) in [6.07, 6.45) is 2.51. The van der Waals surface area contributed by atoms with Crippen LogP contribution >= 0.6 is 34.7 Å². The average Bonchev–Trinajstić information content (AvgIpc) is 3.53. The number of nitrogens with two attached hydrogens (primary N) is 2. The highest BCUT2D eigenvalue weighted by Crippen LogP contribution is 2.38. The maximum Gasteiger partial charge on any atom is 0.322 e. The SMILES string of the molecule is CNc1nc(SCc2csc(-c3ccc(Cl)cc3)n2)c(C#N)c(-c2ccc(CCCOC(=O)C(N)CCCN)cc2)c1C#N. The summed E-state index contributed by atoms with van der Waals surface area (Å²) >= 11 is 8.96. The quantitative estimate of drug-likeness (QED) is 0.0823. The Morgan fingerprint density at radius 3 is 2.43 bits per heavy atom. The van der Waals surface area contributed by atoms with Crippen LogP contribution in [0.15, 0.2) is 58.9 Å². The van der Waals surface area contributed by atoms with Gasteiger partial charge in [0.2, 0.25) is 0 Å². The number of benzene rings is 2. The third-order valence-electron chi connectivity index (χ3n) is 6.74. The number of nitrogens with one attached hydrogen (secondary N) is 1. The minimum Gasteiger partial charge on any atom is -0.465 e. The summed E-state index contributed by atoms with van der Waals surface area (Å²) in [4.78, 5) is 21.4. The van der Waals surface area contributed by atoms with Crippen LogP contribution in [0.4, 0.5) is 5.82 Å². The molecule has 0 aliphatic rings. The number of halogens is 1. The summed E-state index contributed by atoms with van der Waals surface area (Å²) in [6.45, 7) is 0.752. The molecule has 1 unspecified atom stereocenters. The van der Waals surface area contributed by atoms with E-state index in [1.165, 1.54) is 23.1 Å². The van der Waals surface area contributed by atoms with Crippen LogP contribution < -0.4 is 16.8 Å². The Bertz CT molecular complexity index is 1660. The number of anilines is 1. The lowest BCUT2D eigenvalue weighted by molar-refractivity contribution is -0.145. The molecular weight excluding hydrogens is 614 g/mol. The lowest BCUT2D eigenvalue weighted by Gasteiger charge is -2.15. The fourth-order valence-corrected chi connectivity index (χ4v) is 6.38. The second-order valence-electron chi connectivity index (χ2n) is 9.81. The van der Waals surface area contributed by atoms with Gasteiger partial charge < -0.3 is 21.5 Å². The van der Waals surface area contributed by atoms with Crippen molar-refractivity contribution in [3.8, 4) is 33.8 Å². The largest absolute Gasteiger partial charge is 0.465 e. The highest BCUT2D eigenvalue weighted by atomic mass is 35.5. The highest BCUT2D eigenvalue weighted by Gasteiger charge is 2.22. The van der Waals surface area contributed by atoms with Gasteiger partial charge in [-0.15, -0.1) is 11.3 Å². The number of aryl methyl sites for hydroxylation is 1. The van der Waals surface area contributed by atoms with Crippen molar-refractivity contribution < 1.29 is 9.53 Å². The molecule has 4 rings (SSSR count). The number of nitriles is 2. The number of carbonyl (C=O) groups is 1. The van der Waals surface area contributed by atoms with Crippen LogP contribution in [0.25, 0.3) is 21.7 Å². The minimum absolute atomic E-state index is 0.269. The fraction of sp³-hybridized carbons (Fsp3) is 0.281. The first kappa shape index (κ1) is 32.9. The third-order valence-corrected chi connectivity index (χ3v) is 8.94. The van der Waals surface area contributed by atoms with Crippen molar-refractivity contribution in [2.24, 2.45) is 11.5 Å². The second-order valence-corrected chi connectivity index (χ2v) is 12.1. The monoisotopic (exact) mass is 645 g/mol. The number of nitrogens with zero attached hydrogens (tertiary/aromatic N) is 4. The summed E-state index contributed by atoms with van der Waals surface area (Å²) in [6, 6.07) is 19.1. The molecule has 0 spiro atoms. The lowest BCUT2D eigenvalue weighted by atomic mass is 9.95. The molecule has 5 N–H and O–H groups in total. The number of ether oxygens (including phenoxy) is 1. The lowest BCUT2D eigenvalue weighted by Crippen LogP contribution is -2.33. The van der Waals surface area contributed by atoms with Gasteiger partial charge in [-0.1, -0.05) is 59.8 Å². The van der Waals surface area contributed by atoms with Crippen LogP contribution in [0.5, 0.6) is 0 Å². The van der Waals surface area contributed by atoms with Gasteiger partial charge in [-0.05, 0) is 55.5 Å². The van der Waals surface area contributed by atoms with Gasteiger partial charge in [0.25, 0.3) is 0 Å². The molecule has 1 atom stereocenters. The van der Waals surface area contributed by atoms with E-state index in [4.69, 9.17) is 32.8 Å². The molecule has 0 radical (unpaired) electrons. The number of rotatable bonds is 14. The molecule has 2 aromatic carbocycles. The van der Waals surface area contributed by atoms with Gasteiger partial charge in [-0.3, -0.25) is 4.79 Å². The smallest absolute Gasteiger partial charge is 0.322 e. The predicted molar refractivity (Wildman–Crippen MR) is 176 cm³/mol. The van der Waals surface area contributed by atoms with Crippen molar-refractivity contribution in [1.29, 1.82) is 10.5 Å². The molecule has 9 nitrogen and oxygen atoms in total. The molecule has 0 fully saturated rings. The van der Waals surface area contributed by atoms with Crippen molar-refractivity contribution in [2.45, 2.75) is 42.5 Å². The molecule has 0 aliphatic carbocycles. The van der Waals surface area contributed by atoms with Crippen molar-refractivity contribution in [3.63, 3.8) is 0 Å². The number of aromatic nitrogens is 2. The Morgan fingerprint density at radius 1 is 1.07 bits per heavy atom. The molecule has 2 aromatic heterocycles. The van der Waals surface area contributed by atoms with E-state index in [9.17, 15) is 15.3 Å². The van der Waals surface area contributed by atoms with E-state index in [1.54, 1.807) is 7.05 Å². The summed E-state index contributed by atoms with van der Waals surface area (Å²) in [7, 11) is 1.70. The van der Waals surface area contributed by atoms with E-state index in [0.29, 0.717) is 70.5 Å². The van der Waals surface area contributed by atoms with E-state index in [-0.39, 0.29) is 6.61 Å². The van der Waals surface area contributed by atoms with Gasteiger partial charge in [0.05, 0.1) is 17.9 Å². The van der Waals surface area contributed by atoms with Crippen LogP contribution in [-0.2, 0) is 21.7 Å². The van der Waals surface area contributed by atoms with Crippen LogP contribution in [0.1, 0.15) is 41.6 Å². The Hall–Kier alpha value is -3.97. The Labute approximate surface area is 270 Å². The number of hydrogen-bond donors (Lipinski definition) is 3. The zero-order chi connectivity index (χ0) is 31.5. The van der Waals surface area contributed by atoms with Gasteiger partial charge in [-0.2, -0.15) is 10.5 Å². The molecule has 4 aromatic rings. The summed E-state index contributed by atoms with van der Waals surface area (Å²) in [5.74, 6) is 0.492. The van der Waals surface area contributed by atoms with Crippen molar-refractivity contribution in [3.05, 3.63) is 81.3 Å². The Kier molecular flexibility index (Phi) is 12.1. The van der Waals surface area contributed by atoms with E-state index in [0.717, 1.165) is 27.4 Å². The first-order chi connectivity index (χ1) is 21.4. The number of thioether (sulfide) groups is 1. The number of hydrogen-bond acceptors (Lipinski definition) is 11. The molecule has 44 heavy (non-hydrogen) atoms. The predicted octanol–water partition coefficient (Wildman–Crippen LogP) is 6.14. The van der Waals surface area contributed by atoms with Gasteiger partial charge in [0, 0.05) is 34.3 Å². The standard InChI is InChI=1S/C32H32ClN7O2S2/c1-38-29-25(16-35)28(21-8-6-20(7-9-21)4-3-15-42-32(41)27(37)5-2-14-34)26(17-36)31(40-29)44-19-24-18-43-30(39-24)22-10-12-23(33)13-11-22/h6-13,18,27H,2-5,14-15,19,34,37H2,1H3,(H,38,40). The Morgan fingerprint density at radius 2 is 1.77 bits per heavy atom. The molecule has 2 heterocycles. The zero-order valence-electron chi connectivity index (χ0n) is 24.2. The van der Waals surface area contributed by atoms with Crippen LogP contribution in [0.3, 0.4) is 0 Å². The first-order valence-electron chi connectivity index (χ1n) is 14.0. The second kappa shape index (κ2) is 16.2. The number of carbonyl (C=O) groups excluding carboxylic acids is 1.